The maximum absolute atomic E-state index is 13.0. The van der Waals surface area contributed by atoms with Crippen molar-refractivity contribution in [3.8, 4) is 0 Å². The van der Waals surface area contributed by atoms with Crippen LogP contribution in [0.5, 0.6) is 0 Å². The van der Waals surface area contributed by atoms with E-state index in [1.54, 1.807) is 6.08 Å². The Balaban J connectivity index is 3.92. The Hall–Kier alpha value is -1.54. The van der Waals surface area contributed by atoms with Gasteiger partial charge in [-0.05, 0) is 57.8 Å². The summed E-state index contributed by atoms with van der Waals surface area (Å²) in [7, 11) is 1.59. The van der Waals surface area contributed by atoms with Crippen LogP contribution in [-0.4, -0.2) is 73.4 Å². The number of phosphoric ester groups is 1. The number of carbonyl (C=O) groups is 1. The van der Waals surface area contributed by atoms with E-state index < -0.39 is 20.0 Å². The second kappa shape index (κ2) is 59.1. The van der Waals surface area contributed by atoms with Crippen LogP contribution in [0.4, 0.5) is 0 Å². The average molecular weight is 1100 g/mol. The highest BCUT2D eigenvalue weighted by atomic mass is 31.2. The normalized spacial score (nSPS) is 14.0. The molecule has 0 aliphatic carbocycles. The van der Waals surface area contributed by atoms with E-state index in [9.17, 15) is 19.4 Å². The summed E-state index contributed by atoms with van der Waals surface area (Å²) in [5, 5.41) is 14.0. The molecule has 0 rings (SSSR count). The SMILES string of the molecule is CCCCCCC/C=C\C/C=C\C/C=C\CCCCCCCCCCCCCCCCCCCCCCCCCCC(=O)NC(COP(=O)(O)OCC[N+](C)(C)C)C(O)/C=C/CCCCCCCCCCCCCCCC. The van der Waals surface area contributed by atoms with Gasteiger partial charge < -0.3 is 19.8 Å². The smallest absolute Gasteiger partial charge is 0.387 e. The summed E-state index contributed by atoms with van der Waals surface area (Å²) in [5.74, 6) is -0.171. The first-order chi connectivity index (χ1) is 37.5. The Morgan fingerprint density at radius 1 is 0.442 bits per heavy atom. The van der Waals surface area contributed by atoms with E-state index >= 15 is 0 Å². The molecule has 0 aliphatic rings. The van der Waals surface area contributed by atoms with Gasteiger partial charge in [-0.2, -0.15) is 0 Å². The molecule has 0 spiro atoms. The van der Waals surface area contributed by atoms with Crippen LogP contribution < -0.4 is 5.32 Å². The van der Waals surface area contributed by atoms with Crippen LogP contribution in [0.25, 0.3) is 0 Å². The fourth-order valence-electron chi connectivity index (χ4n) is 10.1. The summed E-state index contributed by atoms with van der Waals surface area (Å²) in [4.78, 5) is 23.3. The highest BCUT2D eigenvalue weighted by Gasteiger charge is 2.28. The number of phosphoric acid groups is 1. The zero-order chi connectivity index (χ0) is 56.3. The number of hydrogen-bond acceptors (Lipinski definition) is 5. The van der Waals surface area contributed by atoms with Gasteiger partial charge in [0.1, 0.15) is 13.2 Å². The number of hydrogen-bond donors (Lipinski definition) is 3. The van der Waals surface area contributed by atoms with Gasteiger partial charge in [0.2, 0.25) is 5.91 Å². The summed E-state index contributed by atoms with van der Waals surface area (Å²) >= 11 is 0. The first-order valence-corrected chi connectivity index (χ1v) is 35.0. The molecule has 3 N–H and O–H groups in total. The van der Waals surface area contributed by atoms with E-state index in [4.69, 9.17) is 9.05 Å². The second-order valence-corrected chi connectivity index (χ2v) is 25.7. The molecule has 0 fully saturated rings. The molecular formula is C68H132N2O6P+. The Morgan fingerprint density at radius 2 is 0.740 bits per heavy atom. The summed E-state index contributed by atoms with van der Waals surface area (Å²) in [5.41, 5.74) is 0. The number of likely N-dealkylation sites (N-methyl/N-ethyl adjacent to an activating group) is 1. The van der Waals surface area contributed by atoms with Crippen molar-refractivity contribution in [1.29, 1.82) is 0 Å². The minimum absolute atomic E-state index is 0.0632. The standard InChI is InChI=1S/C68H131N2O6P/c1-6-8-10-12-14-16-18-20-22-24-25-26-27-28-29-30-31-32-33-34-35-36-37-38-39-40-41-42-43-44-45-46-48-50-52-54-56-58-60-62-68(72)69-66(65-76-77(73,74)75-64-63-70(3,4)5)67(71)61-59-57-55-53-51-49-47-23-21-19-17-15-13-11-9-7-2/h18,20,24-25,27-28,59,61,66-67,71H,6-17,19,21-23,26,29-58,60,62-65H2,1-5H3,(H-,69,72,73,74)/p+1/b20-18-,25-24-,28-27-,61-59+. The fraction of sp³-hybridized carbons (Fsp3) is 0.868. The number of amides is 1. The lowest BCUT2D eigenvalue weighted by molar-refractivity contribution is -0.870. The van der Waals surface area contributed by atoms with Crippen LogP contribution in [0.2, 0.25) is 0 Å². The molecule has 1 amide bonds. The maximum atomic E-state index is 13.0. The fourth-order valence-corrected chi connectivity index (χ4v) is 10.8. The monoisotopic (exact) mass is 1100 g/mol. The average Bonchev–Trinajstić information content (AvgIpc) is 3.39. The van der Waals surface area contributed by atoms with Gasteiger partial charge in [-0.3, -0.25) is 13.8 Å². The van der Waals surface area contributed by atoms with Crippen molar-refractivity contribution < 1.29 is 32.9 Å². The molecule has 0 heterocycles. The number of nitrogens with one attached hydrogen (secondary N) is 1. The highest BCUT2D eigenvalue weighted by Crippen LogP contribution is 2.43. The number of nitrogens with zero attached hydrogens (tertiary/aromatic N) is 1. The molecule has 0 radical (unpaired) electrons. The minimum atomic E-state index is -4.35. The van der Waals surface area contributed by atoms with Gasteiger partial charge in [0, 0.05) is 6.42 Å². The molecule has 0 saturated carbocycles. The summed E-state index contributed by atoms with van der Waals surface area (Å²) < 4.78 is 23.7. The number of rotatable bonds is 62. The van der Waals surface area contributed by atoms with Gasteiger partial charge >= 0.3 is 7.82 Å². The number of quaternary nitrogens is 1. The van der Waals surface area contributed by atoms with Crippen LogP contribution >= 0.6 is 7.82 Å². The molecule has 0 aromatic heterocycles. The van der Waals surface area contributed by atoms with Gasteiger partial charge in [0.15, 0.2) is 0 Å². The molecule has 0 aliphatic heterocycles. The van der Waals surface area contributed by atoms with E-state index in [0.29, 0.717) is 17.4 Å². The van der Waals surface area contributed by atoms with Gasteiger partial charge in [-0.1, -0.05) is 313 Å². The molecule has 454 valence electrons. The Labute approximate surface area is 479 Å². The van der Waals surface area contributed by atoms with E-state index in [2.05, 4.69) is 55.6 Å². The molecule has 0 bridgehead atoms. The molecule has 9 heteroatoms. The van der Waals surface area contributed by atoms with Gasteiger partial charge in [0.25, 0.3) is 0 Å². The van der Waals surface area contributed by atoms with Crippen LogP contribution in [0.1, 0.15) is 328 Å². The summed E-state index contributed by atoms with van der Waals surface area (Å²) in [6.07, 6.45) is 79.7. The Morgan fingerprint density at radius 3 is 1.08 bits per heavy atom. The topological polar surface area (TPSA) is 105 Å². The summed E-state index contributed by atoms with van der Waals surface area (Å²) in [6.45, 7) is 4.84. The lowest BCUT2D eigenvalue weighted by Crippen LogP contribution is -2.45. The first-order valence-electron chi connectivity index (χ1n) is 33.5. The van der Waals surface area contributed by atoms with E-state index in [-0.39, 0.29) is 19.1 Å². The molecule has 0 aromatic rings. The van der Waals surface area contributed by atoms with Crippen LogP contribution in [0.3, 0.4) is 0 Å². The number of carbonyl (C=O) groups excluding carboxylic acids is 1. The van der Waals surface area contributed by atoms with Crippen molar-refractivity contribution in [2.24, 2.45) is 0 Å². The van der Waals surface area contributed by atoms with Crippen LogP contribution in [0.15, 0.2) is 48.6 Å². The zero-order valence-corrected chi connectivity index (χ0v) is 52.9. The predicted octanol–water partition coefficient (Wildman–Crippen LogP) is 21.1. The van der Waals surface area contributed by atoms with Crippen molar-refractivity contribution in [2.75, 3.05) is 40.9 Å². The zero-order valence-electron chi connectivity index (χ0n) is 52.0. The third-order valence-corrected chi connectivity index (χ3v) is 16.3. The van der Waals surface area contributed by atoms with Crippen molar-refractivity contribution in [3.63, 3.8) is 0 Å². The van der Waals surface area contributed by atoms with Crippen molar-refractivity contribution in [3.05, 3.63) is 48.6 Å². The molecular weight excluding hydrogens is 972 g/mol. The number of aliphatic hydroxyl groups is 1. The van der Waals surface area contributed by atoms with Gasteiger partial charge in [-0.15, -0.1) is 0 Å². The highest BCUT2D eigenvalue weighted by molar-refractivity contribution is 7.47. The van der Waals surface area contributed by atoms with Crippen molar-refractivity contribution in [1.82, 2.24) is 5.32 Å². The number of aliphatic hydroxyl groups excluding tert-OH is 1. The largest absolute Gasteiger partial charge is 0.472 e. The molecule has 77 heavy (non-hydrogen) atoms. The van der Waals surface area contributed by atoms with Crippen LogP contribution in [-0.2, 0) is 18.4 Å². The van der Waals surface area contributed by atoms with E-state index in [0.717, 1.165) is 51.4 Å². The third kappa shape index (κ3) is 61.9. The third-order valence-electron chi connectivity index (χ3n) is 15.3. The van der Waals surface area contributed by atoms with Crippen molar-refractivity contribution in [2.45, 2.75) is 341 Å². The summed E-state index contributed by atoms with van der Waals surface area (Å²) in [6, 6.07) is -0.845. The Kier molecular flexibility index (Phi) is 57.9. The molecule has 0 saturated heterocycles. The number of unbranched alkanes of at least 4 members (excludes halogenated alkanes) is 43. The number of allylic oxidation sites excluding steroid dienone is 7. The molecule has 3 unspecified atom stereocenters. The van der Waals surface area contributed by atoms with Gasteiger partial charge in [0.05, 0.1) is 39.9 Å². The molecule has 8 nitrogen and oxygen atoms in total. The quantitative estimate of drug-likeness (QED) is 0.0243. The maximum Gasteiger partial charge on any atom is 0.472 e. The van der Waals surface area contributed by atoms with E-state index in [1.165, 1.54) is 257 Å². The predicted molar refractivity (Wildman–Crippen MR) is 337 cm³/mol. The van der Waals surface area contributed by atoms with Gasteiger partial charge in [-0.25, -0.2) is 4.57 Å². The molecule has 3 atom stereocenters. The first kappa shape index (κ1) is 75.5. The Bertz CT molecular complexity index is 1390. The second-order valence-electron chi connectivity index (χ2n) is 24.2. The minimum Gasteiger partial charge on any atom is -0.387 e. The molecule has 0 aromatic carbocycles. The van der Waals surface area contributed by atoms with E-state index in [1.807, 2.05) is 27.2 Å². The lowest BCUT2D eigenvalue weighted by Gasteiger charge is -2.25. The van der Waals surface area contributed by atoms with Crippen molar-refractivity contribution >= 4 is 13.7 Å². The van der Waals surface area contributed by atoms with Crippen LogP contribution in [0, 0.1) is 0 Å². The lowest BCUT2D eigenvalue weighted by atomic mass is 10.0.